The molecule has 3 aromatic carbocycles. The van der Waals surface area contributed by atoms with Gasteiger partial charge < -0.3 is 9.47 Å². The molecule has 2 unspecified atom stereocenters. The molecule has 0 aliphatic carbocycles. The van der Waals surface area contributed by atoms with Crippen LogP contribution in [0.5, 0.6) is 5.75 Å². The van der Waals surface area contributed by atoms with Gasteiger partial charge >= 0.3 is 12.1 Å². The number of rotatable bonds is 7. The molecule has 9 nitrogen and oxygen atoms in total. The maximum absolute atomic E-state index is 14.3. The first-order chi connectivity index (χ1) is 20.3. The topological polar surface area (TPSA) is 110 Å². The summed E-state index contributed by atoms with van der Waals surface area (Å²) < 4.78 is 79.7. The van der Waals surface area contributed by atoms with Crippen molar-refractivity contribution < 1.29 is 36.5 Å². The molecule has 0 fully saturated rings. The summed E-state index contributed by atoms with van der Waals surface area (Å²) in [6, 6.07) is 13.8. The lowest BCUT2D eigenvalue weighted by Crippen LogP contribution is -2.34. The molecule has 1 aliphatic heterocycles. The van der Waals surface area contributed by atoms with E-state index in [1.165, 1.54) is 22.5 Å². The summed E-state index contributed by atoms with van der Waals surface area (Å²) >= 11 is 0. The smallest absolute Gasteiger partial charge is 0.416 e. The molecule has 2 atom stereocenters. The maximum atomic E-state index is 14.3. The number of para-hydroxylation sites is 1. The van der Waals surface area contributed by atoms with Gasteiger partial charge in [-0.3, -0.25) is 13.9 Å². The molecular weight excluding hydrogens is 585 g/mol. The van der Waals surface area contributed by atoms with Gasteiger partial charge in [0.15, 0.2) is 0 Å². The summed E-state index contributed by atoms with van der Waals surface area (Å²) in [5.41, 5.74) is 2.20. The molecule has 1 aliphatic rings. The molecule has 0 spiro atoms. The molecule has 230 valence electrons. The molecule has 43 heavy (non-hydrogen) atoms. The number of halogens is 3. The van der Waals surface area contributed by atoms with Gasteiger partial charge in [-0.15, -0.1) is 15.9 Å². The zero-order valence-corrected chi connectivity index (χ0v) is 24.9. The number of nitrogens with zero attached hydrogens (tertiary/aromatic N) is 4. The number of carbonyl (C=O) groups excluding carboxylic acids is 1. The van der Waals surface area contributed by atoms with Crippen molar-refractivity contribution in [3.8, 4) is 5.75 Å². The standard InChI is InChI=1S/C30H33F3N4O5S/c1-5-41-28(38)15-23(22-11-13-25-29(19(22)3)34-35-36(25)4)20-10-12-24(30(31,32)33)21(14-20)17-37-16-18(2)42-26-8-6-7-9-27(26)43(37,39)40/h6-14,18,23,39-40H,5,15-17H2,1-4H3. The summed E-state index contributed by atoms with van der Waals surface area (Å²) in [5, 5.41) is 8.31. The number of aryl methyl sites for hydroxylation is 2. The van der Waals surface area contributed by atoms with Crippen LogP contribution in [0.25, 0.3) is 11.0 Å². The highest BCUT2D eigenvalue weighted by atomic mass is 32.3. The molecule has 0 radical (unpaired) electrons. The highest BCUT2D eigenvalue weighted by molar-refractivity contribution is 8.22. The third kappa shape index (κ3) is 6.07. The Kier molecular flexibility index (Phi) is 8.45. The van der Waals surface area contributed by atoms with E-state index in [1.807, 2.05) is 19.1 Å². The molecule has 4 aromatic rings. The van der Waals surface area contributed by atoms with Crippen LogP contribution >= 0.6 is 10.8 Å². The van der Waals surface area contributed by atoms with Gasteiger partial charge in [0.05, 0.1) is 30.7 Å². The Morgan fingerprint density at radius 1 is 1.19 bits per heavy atom. The second-order valence-corrected chi connectivity index (χ2v) is 12.5. The first-order valence-corrected chi connectivity index (χ1v) is 15.2. The van der Waals surface area contributed by atoms with Crippen molar-refractivity contribution in [1.82, 2.24) is 19.3 Å². The van der Waals surface area contributed by atoms with E-state index >= 15 is 0 Å². The largest absolute Gasteiger partial charge is 0.487 e. The van der Waals surface area contributed by atoms with Crippen LogP contribution in [0.3, 0.4) is 0 Å². The first kappa shape index (κ1) is 30.8. The number of alkyl halides is 3. The van der Waals surface area contributed by atoms with Gasteiger partial charge in [0, 0.05) is 19.5 Å². The Morgan fingerprint density at radius 3 is 2.65 bits per heavy atom. The lowest BCUT2D eigenvalue weighted by Gasteiger charge is -2.42. The second kappa shape index (κ2) is 11.8. The monoisotopic (exact) mass is 618 g/mol. The van der Waals surface area contributed by atoms with Gasteiger partial charge in [0.1, 0.15) is 22.3 Å². The zero-order valence-electron chi connectivity index (χ0n) is 24.1. The Balaban J connectivity index is 1.62. The van der Waals surface area contributed by atoms with E-state index < -0.39 is 47.1 Å². The molecule has 2 heterocycles. The fourth-order valence-corrected chi connectivity index (χ4v) is 7.22. The van der Waals surface area contributed by atoms with E-state index in [-0.39, 0.29) is 35.8 Å². The van der Waals surface area contributed by atoms with Crippen molar-refractivity contribution in [3.05, 3.63) is 82.4 Å². The summed E-state index contributed by atoms with van der Waals surface area (Å²) in [5.74, 6) is -0.900. The number of aromatic nitrogens is 3. The van der Waals surface area contributed by atoms with Crippen molar-refractivity contribution in [3.63, 3.8) is 0 Å². The minimum Gasteiger partial charge on any atom is -0.487 e. The fraction of sp³-hybridized carbons (Fsp3) is 0.367. The van der Waals surface area contributed by atoms with E-state index in [0.717, 1.165) is 17.1 Å². The molecule has 0 bridgehead atoms. The lowest BCUT2D eigenvalue weighted by molar-refractivity contribution is -0.143. The number of hydrogen-bond acceptors (Lipinski definition) is 8. The van der Waals surface area contributed by atoms with Crippen molar-refractivity contribution in [1.29, 1.82) is 0 Å². The van der Waals surface area contributed by atoms with Crippen molar-refractivity contribution >= 4 is 27.8 Å². The van der Waals surface area contributed by atoms with Crippen LogP contribution in [-0.2, 0) is 29.3 Å². The molecule has 1 aromatic heterocycles. The van der Waals surface area contributed by atoms with E-state index in [2.05, 4.69) is 10.3 Å². The van der Waals surface area contributed by atoms with Gasteiger partial charge in [0.2, 0.25) is 0 Å². The minimum atomic E-state index is -4.71. The fourth-order valence-electron chi connectivity index (χ4n) is 5.56. The highest BCUT2D eigenvalue weighted by Crippen LogP contribution is 2.57. The Morgan fingerprint density at radius 2 is 1.93 bits per heavy atom. The molecule has 2 N–H and O–H groups in total. The SMILES string of the molecule is CCOC(=O)CC(c1ccc(C(F)(F)F)c(CN2CC(C)Oc3ccccc3S2(O)O)c1)c1ccc2c(nnn2C)c1C. The van der Waals surface area contributed by atoms with Gasteiger partial charge in [-0.2, -0.15) is 17.5 Å². The molecule has 0 saturated heterocycles. The number of fused-ring (bicyclic) bond motifs is 2. The van der Waals surface area contributed by atoms with Crippen LogP contribution in [0.1, 0.15) is 54.0 Å². The summed E-state index contributed by atoms with van der Waals surface area (Å²) in [6.45, 7) is 4.92. The quantitative estimate of drug-likeness (QED) is 0.221. The van der Waals surface area contributed by atoms with Crippen LogP contribution in [0.4, 0.5) is 13.2 Å². The van der Waals surface area contributed by atoms with Crippen molar-refractivity contribution in [2.45, 2.75) is 56.8 Å². The first-order valence-electron chi connectivity index (χ1n) is 13.7. The van der Waals surface area contributed by atoms with Crippen LogP contribution < -0.4 is 4.74 Å². The van der Waals surface area contributed by atoms with E-state index in [1.54, 1.807) is 43.8 Å². The third-order valence-electron chi connectivity index (χ3n) is 7.61. The minimum absolute atomic E-state index is 0.0345. The van der Waals surface area contributed by atoms with E-state index in [4.69, 9.17) is 9.47 Å². The second-order valence-electron chi connectivity index (χ2n) is 10.6. The van der Waals surface area contributed by atoms with Crippen LogP contribution in [-0.4, -0.2) is 53.6 Å². The number of ether oxygens (including phenoxy) is 2. The molecule has 13 heteroatoms. The Hall–Kier alpha value is -3.65. The summed E-state index contributed by atoms with van der Waals surface area (Å²) in [6.07, 6.45) is -5.37. The van der Waals surface area contributed by atoms with Gasteiger partial charge in [-0.25, -0.2) is 4.68 Å². The highest BCUT2D eigenvalue weighted by Gasteiger charge is 2.38. The molecule has 0 amide bonds. The van der Waals surface area contributed by atoms with Gasteiger partial charge in [-0.1, -0.05) is 35.5 Å². The average Bonchev–Trinajstić information content (AvgIpc) is 3.28. The molecule has 0 saturated carbocycles. The maximum Gasteiger partial charge on any atom is 0.416 e. The predicted octanol–water partition coefficient (Wildman–Crippen LogP) is 6.69. The van der Waals surface area contributed by atoms with Crippen molar-refractivity contribution in [2.75, 3.05) is 13.2 Å². The lowest BCUT2D eigenvalue weighted by atomic mass is 9.84. The van der Waals surface area contributed by atoms with E-state index in [0.29, 0.717) is 16.6 Å². The third-order valence-corrected chi connectivity index (χ3v) is 9.53. The van der Waals surface area contributed by atoms with Crippen molar-refractivity contribution in [2.24, 2.45) is 7.05 Å². The zero-order chi connectivity index (χ0) is 31.1. The van der Waals surface area contributed by atoms with Crippen LogP contribution in [0.2, 0.25) is 0 Å². The Labute approximate surface area is 248 Å². The Bertz CT molecular complexity index is 1660. The van der Waals surface area contributed by atoms with Gasteiger partial charge in [-0.05, 0) is 67.3 Å². The van der Waals surface area contributed by atoms with Crippen LogP contribution in [0, 0.1) is 6.92 Å². The van der Waals surface area contributed by atoms with Crippen LogP contribution in [0.15, 0.2) is 59.5 Å². The average molecular weight is 619 g/mol. The number of benzene rings is 3. The molecule has 5 rings (SSSR count). The van der Waals surface area contributed by atoms with Gasteiger partial charge in [0.25, 0.3) is 0 Å². The number of carbonyl (C=O) groups is 1. The molecular formula is C30H33F3N4O5S. The summed E-state index contributed by atoms with van der Waals surface area (Å²) in [4.78, 5) is 12.9. The number of hydrogen-bond donors (Lipinski definition) is 2. The number of esters is 1. The summed E-state index contributed by atoms with van der Waals surface area (Å²) in [7, 11) is -1.95. The normalized spacial score (nSPS) is 18.4. The van der Waals surface area contributed by atoms with E-state index in [9.17, 15) is 27.1 Å². The predicted molar refractivity (Wildman–Crippen MR) is 156 cm³/mol.